The number of amides is 1. The standard InChI is InChI=1S/C14H20BrNO2/c1-10(17)7-8-16-13(18)14(2,3)11-5-4-6-12(15)9-11/h4-6,9-10,17H,7-8H2,1-3H3,(H,16,18). The van der Waals surface area contributed by atoms with Gasteiger partial charge in [0.15, 0.2) is 0 Å². The predicted octanol–water partition coefficient (Wildman–Crippen LogP) is 2.61. The number of hydrogen-bond donors (Lipinski definition) is 2. The Morgan fingerprint density at radius 2 is 2.17 bits per heavy atom. The lowest BCUT2D eigenvalue weighted by Gasteiger charge is -2.24. The van der Waals surface area contributed by atoms with E-state index in [9.17, 15) is 4.79 Å². The molecule has 0 aliphatic rings. The maximum atomic E-state index is 12.1. The van der Waals surface area contributed by atoms with Crippen LogP contribution in [0.2, 0.25) is 0 Å². The summed E-state index contributed by atoms with van der Waals surface area (Å²) in [5.74, 6) is -0.0266. The van der Waals surface area contributed by atoms with Crippen LogP contribution in [0.1, 0.15) is 32.8 Å². The lowest BCUT2D eigenvalue weighted by Crippen LogP contribution is -2.41. The van der Waals surface area contributed by atoms with Crippen LogP contribution in [0.3, 0.4) is 0 Å². The predicted molar refractivity (Wildman–Crippen MR) is 76.5 cm³/mol. The normalized spacial score (nSPS) is 13.2. The Kier molecular flexibility index (Phi) is 5.35. The zero-order valence-electron chi connectivity index (χ0n) is 11.0. The Balaban J connectivity index is 2.70. The number of aliphatic hydroxyl groups is 1. The molecule has 2 N–H and O–H groups in total. The third-order valence-electron chi connectivity index (χ3n) is 2.96. The van der Waals surface area contributed by atoms with Crippen molar-refractivity contribution < 1.29 is 9.90 Å². The van der Waals surface area contributed by atoms with Crippen molar-refractivity contribution in [3.05, 3.63) is 34.3 Å². The van der Waals surface area contributed by atoms with Crippen molar-refractivity contribution in [2.75, 3.05) is 6.54 Å². The molecule has 1 amide bonds. The van der Waals surface area contributed by atoms with Crippen molar-refractivity contribution in [3.63, 3.8) is 0 Å². The molecule has 1 rings (SSSR count). The molecular weight excluding hydrogens is 294 g/mol. The van der Waals surface area contributed by atoms with Crippen LogP contribution in [-0.2, 0) is 10.2 Å². The molecule has 1 atom stereocenters. The summed E-state index contributed by atoms with van der Waals surface area (Å²) in [6.45, 7) is 6.00. The summed E-state index contributed by atoms with van der Waals surface area (Å²) in [5, 5.41) is 12.0. The van der Waals surface area contributed by atoms with E-state index >= 15 is 0 Å². The highest BCUT2D eigenvalue weighted by molar-refractivity contribution is 9.10. The molecule has 0 radical (unpaired) electrons. The van der Waals surface area contributed by atoms with Crippen LogP contribution in [0.5, 0.6) is 0 Å². The molecule has 18 heavy (non-hydrogen) atoms. The molecule has 100 valence electrons. The van der Waals surface area contributed by atoms with Gasteiger partial charge in [-0.25, -0.2) is 0 Å². The summed E-state index contributed by atoms with van der Waals surface area (Å²) in [4.78, 5) is 12.1. The van der Waals surface area contributed by atoms with Crippen LogP contribution in [0, 0.1) is 0 Å². The molecule has 1 aromatic rings. The molecule has 0 saturated carbocycles. The van der Waals surface area contributed by atoms with Crippen molar-refractivity contribution >= 4 is 21.8 Å². The van der Waals surface area contributed by atoms with Gasteiger partial charge in [-0.2, -0.15) is 0 Å². The van der Waals surface area contributed by atoms with E-state index in [0.29, 0.717) is 13.0 Å². The van der Waals surface area contributed by atoms with Crippen molar-refractivity contribution in [3.8, 4) is 0 Å². The van der Waals surface area contributed by atoms with Crippen LogP contribution >= 0.6 is 15.9 Å². The second kappa shape index (κ2) is 6.34. The van der Waals surface area contributed by atoms with Gasteiger partial charge in [0, 0.05) is 11.0 Å². The summed E-state index contributed by atoms with van der Waals surface area (Å²) in [6, 6.07) is 7.75. The SMILES string of the molecule is CC(O)CCNC(=O)C(C)(C)c1cccc(Br)c1. The number of aliphatic hydroxyl groups excluding tert-OH is 1. The average Bonchev–Trinajstić information content (AvgIpc) is 2.28. The van der Waals surface area contributed by atoms with Crippen LogP contribution in [0.25, 0.3) is 0 Å². The van der Waals surface area contributed by atoms with E-state index in [2.05, 4.69) is 21.2 Å². The van der Waals surface area contributed by atoms with Gasteiger partial charge in [0.2, 0.25) is 5.91 Å². The highest BCUT2D eigenvalue weighted by Crippen LogP contribution is 2.25. The Morgan fingerprint density at radius 1 is 1.50 bits per heavy atom. The van der Waals surface area contributed by atoms with Crippen LogP contribution in [0.4, 0.5) is 0 Å². The maximum absolute atomic E-state index is 12.1. The number of carbonyl (C=O) groups excluding carboxylic acids is 1. The van der Waals surface area contributed by atoms with Gasteiger partial charge < -0.3 is 10.4 Å². The average molecular weight is 314 g/mol. The van der Waals surface area contributed by atoms with E-state index in [1.807, 2.05) is 38.1 Å². The molecule has 0 aliphatic heterocycles. The molecule has 0 fully saturated rings. The monoisotopic (exact) mass is 313 g/mol. The summed E-state index contributed by atoms with van der Waals surface area (Å²) in [7, 11) is 0. The van der Waals surface area contributed by atoms with Gasteiger partial charge >= 0.3 is 0 Å². The molecule has 0 aliphatic carbocycles. The van der Waals surface area contributed by atoms with Gasteiger partial charge in [0.1, 0.15) is 0 Å². The van der Waals surface area contributed by atoms with E-state index in [4.69, 9.17) is 5.11 Å². The summed E-state index contributed by atoms with van der Waals surface area (Å²) in [5.41, 5.74) is 0.383. The fourth-order valence-electron chi connectivity index (χ4n) is 1.62. The van der Waals surface area contributed by atoms with Gasteiger partial charge in [0.05, 0.1) is 11.5 Å². The lowest BCUT2D eigenvalue weighted by molar-refractivity contribution is -0.125. The number of rotatable bonds is 5. The second-order valence-electron chi connectivity index (χ2n) is 5.03. The second-order valence-corrected chi connectivity index (χ2v) is 5.94. The van der Waals surface area contributed by atoms with Crippen molar-refractivity contribution in [1.29, 1.82) is 0 Å². The number of halogens is 1. The Labute approximate surface area is 117 Å². The van der Waals surface area contributed by atoms with E-state index in [1.165, 1.54) is 0 Å². The first-order valence-electron chi connectivity index (χ1n) is 6.06. The molecule has 4 heteroatoms. The zero-order valence-corrected chi connectivity index (χ0v) is 12.6. The molecule has 0 saturated heterocycles. The molecule has 1 unspecified atom stereocenters. The smallest absolute Gasteiger partial charge is 0.230 e. The molecule has 0 bridgehead atoms. The molecular formula is C14H20BrNO2. The molecule has 3 nitrogen and oxygen atoms in total. The Hall–Kier alpha value is -0.870. The minimum Gasteiger partial charge on any atom is -0.393 e. The molecule has 0 heterocycles. The third kappa shape index (κ3) is 4.10. The van der Waals surface area contributed by atoms with Gasteiger partial charge in [-0.15, -0.1) is 0 Å². The van der Waals surface area contributed by atoms with E-state index in [1.54, 1.807) is 6.92 Å². The lowest BCUT2D eigenvalue weighted by atomic mass is 9.84. The minimum atomic E-state index is -0.581. The van der Waals surface area contributed by atoms with Crippen LogP contribution < -0.4 is 5.32 Å². The molecule has 1 aromatic carbocycles. The fourth-order valence-corrected chi connectivity index (χ4v) is 2.02. The van der Waals surface area contributed by atoms with Gasteiger partial charge in [0.25, 0.3) is 0 Å². The minimum absolute atomic E-state index is 0.0266. The third-order valence-corrected chi connectivity index (χ3v) is 3.45. The largest absolute Gasteiger partial charge is 0.393 e. The first kappa shape index (κ1) is 15.2. The Morgan fingerprint density at radius 3 is 2.72 bits per heavy atom. The highest BCUT2D eigenvalue weighted by atomic mass is 79.9. The van der Waals surface area contributed by atoms with Gasteiger partial charge in [-0.05, 0) is 44.9 Å². The molecule has 0 spiro atoms. The van der Waals surface area contributed by atoms with E-state index in [-0.39, 0.29) is 12.0 Å². The first-order valence-corrected chi connectivity index (χ1v) is 6.85. The number of hydrogen-bond acceptors (Lipinski definition) is 2. The van der Waals surface area contributed by atoms with Crippen LogP contribution in [0.15, 0.2) is 28.7 Å². The summed E-state index contributed by atoms with van der Waals surface area (Å²) < 4.78 is 0.963. The van der Waals surface area contributed by atoms with Gasteiger partial charge in [-0.3, -0.25) is 4.79 Å². The first-order chi connectivity index (χ1) is 8.34. The molecule has 0 aromatic heterocycles. The highest BCUT2D eigenvalue weighted by Gasteiger charge is 2.29. The fraction of sp³-hybridized carbons (Fsp3) is 0.500. The van der Waals surface area contributed by atoms with Crippen molar-refractivity contribution in [2.24, 2.45) is 0 Å². The number of nitrogens with one attached hydrogen (secondary N) is 1. The summed E-state index contributed by atoms with van der Waals surface area (Å²) >= 11 is 3.41. The van der Waals surface area contributed by atoms with E-state index in [0.717, 1.165) is 10.0 Å². The number of benzene rings is 1. The van der Waals surface area contributed by atoms with Gasteiger partial charge in [-0.1, -0.05) is 28.1 Å². The Bertz CT molecular complexity index is 416. The van der Waals surface area contributed by atoms with Crippen LogP contribution in [-0.4, -0.2) is 23.7 Å². The summed E-state index contributed by atoms with van der Waals surface area (Å²) in [6.07, 6.45) is 0.180. The zero-order chi connectivity index (χ0) is 13.8. The number of carbonyl (C=O) groups is 1. The maximum Gasteiger partial charge on any atom is 0.230 e. The topological polar surface area (TPSA) is 49.3 Å². The quantitative estimate of drug-likeness (QED) is 0.878. The van der Waals surface area contributed by atoms with Crippen molar-refractivity contribution in [1.82, 2.24) is 5.32 Å². The van der Waals surface area contributed by atoms with E-state index < -0.39 is 5.41 Å². The van der Waals surface area contributed by atoms with Crippen molar-refractivity contribution in [2.45, 2.75) is 38.7 Å².